The van der Waals surface area contributed by atoms with Crippen LogP contribution in [0.3, 0.4) is 0 Å². The van der Waals surface area contributed by atoms with Crippen molar-refractivity contribution in [2.45, 2.75) is 19.4 Å². The number of furan rings is 1. The molecule has 0 amide bonds. The van der Waals surface area contributed by atoms with Crippen LogP contribution in [-0.4, -0.2) is 68.0 Å². The molecule has 2 aliphatic heterocycles. The second kappa shape index (κ2) is 9.71. The van der Waals surface area contributed by atoms with Gasteiger partial charge in [0.2, 0.25) is 5.88 Å². The minimum absolute atomic E-state index is 0.119. The molecule has 0 aromatic carbocycles. The molecular weight excluding hydrogens is 458 g/mol. The quantitative estimate of drug-likeness (QED) is 0.541. The minimum atomic E-state index is -2.45. The summed E-state index contributed by atoms with van der Waals surface area (Å²) in [6, 6.07) is 5.58. The Morgan fingerprint density at radius 3 is 2.74 bits per heavy atom. The van der Waals surface area contributed by atoms with E-state index in [1.54, 1.807) is 30.1 Å². The number of ether oxygens (including phenoxy) is 2. The van der Waals surface area contributed by atoms with Gasteiger partial charge in [0.05, 0.1) is 30.0 Å². The van der Waals surface area contributed by atoms with Crippen molar-refractivity contribution >= 4 is 21.6 Å². The van der Waals surface area contributed by atoms with Crippen molar-refractivity contribution in [1.29, 1.82) is 0 Å². The maximum Gasteiger partial charge on any atom is 0.261 e. The molecule has 0 aliphatic carbocycles. The maximum atomic E-state index is 12.8. The van der Waals surface area contributed by atoms with Crippen molar-refractivity contribution in [3.05, 3.63) is 46.7 Å². The fraction of sp³-hybridized carbons (Fsp3) is 0.500. The van der Waals surface area contributed by atoms with E-state index < -0.39 is 10.6 Å². The van der Waals surface area contributed by atoms with Crippen LogP contribution in [0.15, 0.2) is 39.8 Å². The molecule has 10 heteroatoms. The highest BCUT2D eigenvalue weighted by atomic mass is 32.3. The first kappa shape index (κ1) is 23.4. The van der Waals surface area contributed by atoms with Gasteiger partial charge in [0.25, 0.3) is 5.56 Å². The Bertz CT molecular complexity index is 1210. The zero-order valence-electron chi connectivity index (χ0n) is 19.3. The van der Waals surface area contributed by atoms with Gasteiger partial charge in [-0.2, -0.15) is 10.6 Å². The lowest BCUT2D eigenvalue weighted by atomic mass is 10.0. The maximum absolute atomic E-state index is 12.8. The van der Waals surface area contributed by atoms with Gasteiger partial charge < -0.3 is 18.5 Å². The molecule has 5 heterocycles. The second-order valence-electron chi connectivity index (χ2n) is 9.15. The lowest BCUT2D eigenvalue weighted by Crippen LogP contribution is -2.37. The lowest BCUT2D eigenvalue weighted by molar-refractivity contribution is 0.0490. The van der Waals surface area contributed by atoms with Gasteiger partial charge in [0.15, 0.2) is 0 Å². The number of fused-ring (bicyclic) bond motifs is 1. The molecule has 3 aromatic rings. The van der Waals surface area contributed by atoms with Crippen LogP contribution in [0.4, 0.5) is 0 Å². The molecule has 0 unspecified atom stereocenters. The molecule has 0 bridgehead atoms. The van der Waals surface area contributed by atoms with E-state index in [1.165, 1.54) is 0 Å². The van der Waals surface area contributed by atoms with E-state index in [4.69, 9.17) is 13.9 Å². The summed E-state index contributed by atoms with van der Waals surface area (Å²) in [6.45, 7) is 3.84. The molecule has 0 radical (unpaired) electrons. The Hall–Kier alpha value is -2.37. The summed E-state index contributed by atoms with van der Waals surface area (Å²) in [5, 5.41) is 0.526. The van der Waals surface area contributed by atoms with E-state index >= 15 is 0 Å². The first-order valence-electron chi connectivity index (χ1n) is 11.6. The average Bonchev–Trinajstić information content (AvgIpc) is 3.26. The number of aromatic nitrogens is 2. The Labute approximate surface area is 199 Å². The molecule has 2 fully saturated rings. The van der Waals surface area contributed by atoms with Gasteiger partial charge >= 0.3 is 0 Å². The Balaban J connectivity index is 1.39. The third-order valence-electron chi connectivity index (χ3n) is 6.60. The van der Waals surface area contributed by atoms with Crippen LogP contribution in [-0.2, 0) is 18.3 Å². The van der Waals surface area contributed by atoms with Crippen LogP contribution in [0.25, 0.3) is 22.1 Å². The van der Waals surface area contributed by atoms with Gasteiger partial charge in [-0.15, -0.1) is 0 Å². The Kier molecular flexibility index (Phi) is 6.67. The highest BCUT2D eigenvalue weighted by Crippen LogP contribution is 2.40. The summed E-state index contributed by atoms with van der Waals surface area (Å²) in [7, 11) is -0.720. The van der Waals surface area contributed by atoms with Crippen LogP contribution in [0.2, 0.25) is 0 Å². The molecule has 0 saturated carbocycles. The number of rotatable bonds is 6. The zero-order chi connectivity index (χ0) is 23.7. The normalized spacial score (nSPS) is 20.4. The predicted molar refractivity (Wildman–Crippen MR) is 132 cm³/mol. The van der Waals surface area contributed by atoms with Gasteiger partial charge in [-0.1, -0.05) is 0 Å². The fourth-order valence-electron chi connectivity index (χ4n) is 4.50. The summed E-state index contributed by atoms with van der Waals surface area (Å²) >= 11 is 0. The van der Waals surface area contributed by atoms with E-state index in [0.717, 1.165) is 37.2 Å². The third kappa shape index (κ3) is 5.16. The molecule has 2 saturated heterocycles. The van der Waals surface area contributed by atoms with E-state index in [2.05, 4.69) is 9.88 Å². The average molecular weight is 490 g/mol. The van der Waals surface area contributed by atoms with E-state index in [0.29, 0.717) is 66.3 Å². The van der Waals surface area contributed by atoms with Crippen molar-refractivity contribution in [1.82, 2.24) is 14.5 Å². The number of hydrogen-bond donors (Lipinski definition) is 2. The fourth-order valence-corrected chi connectivity index (χ4v) is 5.81. The lowest BCUT2D eigenvalue weighted by Gasteiger charge is -2.40. The Morgan fingerprint density at radius 1 is 1.21 bits per heavy atom. The number of hydrogen-bond acceptors (Lipinski definition) is 8. The molecule has 34 heavy (non-hydrogen) atoms. The largest absolute Gasteiger partial charge is 0.477 e. The minimum Gasteiger partial charge on any atom is -0.477 e. The van der Waals surface area contributed by atoms with Crippen molar-refractivity contribution in [3.8, 4) is 17.0 Å². The topological polar surface area (TPSA) is 110 Å². The predicted octanol–water partition coefficient (Wildman–Crippen LogP) is 3.57. The van der Waals surface area contributed by atoms with Crippen molar-refractivity contribution < 1.29 is 23.0 Å². The summed E-state index contributed by atoms with van der Waals surface area (Å²) in [6.07, 6.45) is 5.48. The molecular formula is C24H31N3O6S. The first-order valence-corrected chi connectivity index (χ1v) is 13.5. The Morgan fingerprint density at radius 2 is 1.97 bits per heavy atom. The van der Waals surface area contributed by atoms with Crippen LogP contribution in [0, 0.1) is 5.92 Å². The zero-order valence-corrected chi connectivity index (χ0v) is 20.1. The van der Waals surface area contributed by atoms with Crippen LogP contribution < -0.4 is 10.3 Å². The number of aryl methyl sites for hydroxylation is 1. The standard InChI is InChI=1S/C24H31N3O6S/c1-26-15-21(18-2-5-25-22(12-18)32-16-17-3-8-31-9-4-17)23-20(24(26)28)13-19(33-23)14-27-6-10-34(29,30)11-7-27/h2,5,12-13,15,17,29-30H,3-4,6-11,14,16H2,1H3. The number of pyridine rings is 2. The van der Waals surface area contributed by atoms with Gasteiger partial charge in [-0.05, 0) is 36.5 Å². The van der Waals surface area contributed by atoms with Crippen LogP contribution >= 0.6 is 10.6 Å². The van der Waals surface area contributed by atoms with Crippen molar-refractivity contribution in [2.24, 2.45) is 13.0 Å². The highest BCUT2D eigenvalue weighted by molar-refractivity contribution is 8.24. The summed E-state index contributed by atoms with van der Waals surface area (Å²) < 4.78 is 38.9. The van der Waals surface area contributed by atoms with E-state index in [1.807, 2.05) is 12.1 Å². The van der Waals surface area contributed by atoms with E-state index in [9.17, 15) is 13.9 Å². The van der Waals surface area contributed by atoms with Gasteiger partial charge in [0.1, 0.15) is 11.3 Å². The smallest absolute Gasteiger partial charge is 0.261 e. The summed E-state index contributed by atoms with van der Waals surface area (Å²) in [5.41, 5.74) is 2.09. The number of nitrogens with zero attached hydrogens (tertiary/aromatic N) is 3. The van der Waals surface area contributed by atoms with Crippen molar-refractivity contribution in [2.75, 3.05) is 44.4 Å². The van der Waals surface area contributed by atoms with Gasteiger partial charge in [-0.3, -0.25) is 18.8 Å². The van der Waals surface area contributed by atoms with Crippen molar-refractivity contribution in [3.63, 3.8) is 0 Å². The molecule has 2 N–H and O–H groups in total. The summed E-state index contributed by atoms with van der Waals surface area (Å²) in [5.74, 6) is 2.43. The summed E-state index contributed by atoms with van der Waals surface area (Å²) in [4.78, 5) is 19.3. The molecule has 0 spiro atoms. The molecule has 184 valence electrons. The first-order chi connectivity index (χ1) is 16.4. The SMILES string of the molecule is Cn1cc(-c2ccnc(OCC3CCOCC3)c2)c2oc(CN3CCS(O)(O)CC3)cc2c1=O. The molecule has 2 aliphatic rings. The second-order valence-corrected chi connectivity index (χ2v) is 11.6. The molecule has 3 aromatic heterocycles. The highest BCUT2D eigenvalue weighted by Gasteiger charge is 2.24. The molecule has 0 atom stereocenters. The van der Waals surface area contributed by atoms with Crippen LogP contribution in [0.1, 0.15) is 18.6 Å². The van der Waals surface area contributed by atoms with Gasteiger partial charge in [-0.25, -0.2) is 4.98 Å². The third-order valence-corrected chi connectivity index (χ3v) is 8.28. The molecule has 9 nitrogen and oxygen atoms in total. The van der Waals surface area contributed by atoms with E-state index in [-0.39, 0.29) is 5.56 Å². The molecule has 5 rings (SSSR count). The monoisotopic (exact) mass is 489 g/mol. The van der Waals surface area contributed by atoms with Gasteiger partial charge in [0, 0.05) is 57.4 Å². The van der Waals surface area contributed by atoms with Crippen LogP contribution in [0.5, 0.6) is 5.88 Å².